The van der Waals surface area contributed by atoms with E-state index in [1.54, 1.807) is 0 Å². The molecule has 0 radical (unpaired) electrons. The van der Waals surface area contributed by atoms with E-state index in [0.29, 0.717) is 17.0 Å². The van der Waals surface area contributed by atoms with Gasteiger partial charge in [0.25, 0.3) is 6.43 Å². The van der Waals surface area contributed by atoms with Crippen molar-refractivity contribution in [1.82, 2.24) is 19.6 Å². The molecule has 7 nitrogen and oxygen atoms in total. The van der Waals surface area contributed by atoms with E-state index in [-0.39, 0.29) is 30.0 Å². The van der Waals surface area contributed by atoms with Crippen LogP contribution in [0.2, 0.25) is 0 Å². The molecule has 1 fully saturated rings. The number of halogens is 4. The van der Waals surface area contributed by atoms with E-state index in [1.807, 2.05) is 0 Å². The lowest BCUT2D eigenvalue weighted by atomic mass is 10.1. The Hall–Kier alpha value is -3.38. The maximum absolute atomic E-state index is 14.6. The van der Waals surface area contributed by atoms with Crippen LogP contribution in [0, 0.1) is 5.82 Å². The SMILES string of the molecule is O=C(NCc1cc(-c2ccc(C(F)F)cc2)ncn1)[C@@H]1[C@@H](F)CCN1S(=O)(=O)c1ccc(F)cc1. The molecule has 184 valence electrons. The lowest BCUT2D eigenvalue weighted by Crippen LogP contribution is -2.49. The molecule has 0 aliphatic carbocycles. The van der Waals surface area contributed by atoms with Gasteiger partial charge in [0.05, 0.1) is 22.8 Å². The average molecular weight is 508 g/mol. The number of hydrogen-bond donors (Lipinski definition) is 1. The third kappa shape index (κ3) is 5.33. The Bertz CT molecular complexity index is 1310. The molecule has 0 saturated carbocycles. The quantitative estimate of drug-likeness (QED) is 0.492. The number of hydrogen-bond acceptors (Lipinski definition) is 5. The van der Waals surface area contributed by atoms with Gasteiger partial charge in [-0.25, -0.2) is 35.9 Å². The van der Waals surface area contributed by atoms with Gasteiger partial charge in [0.15, 0.2) is 0 Å². The predicted octanol–water partition coefficient (Wildman–Crippen LogP) is 3.64. The van der Waals surface area contributed by atoms with Gasteiger partial charge in [-0.3, -0.25) is 4.79 Å². The molecule has 0 spiro atoms. The molecule has 4 rings (SSSR count). The zero-order chi connectivity index (χ0) is 25.2. The summed E-state index contributed by atoms with van der Waals surface area (Å²) in [5, 5.41) is 2.50. The van der Waals surface area contributed by atoms with Crippen LogP contribution in [0.5, 0.6) is 0 Å². The van der Waals surface area contributed by atoms with Crippen LogP contribution in [0.3, 0.4) is 0 Å². The molecule has 0 unspecified atom stereocenters. The van der Waals surface area contributed by atoms with E-state index in [9.17, 15) is 30.8 Å². The molecule has 2 heterocycles. The number of rotatable bonds is 7. The number of nitrogens with one attached hydrogen (secondary N) is 1. The van der Waals surface area contributed by atoms with Crippen LogP contribution in [0.4, 0.5) is 17.6 Å². The molecule has 1 amide bonds. The molecule has 1 aliphatic heterocycles. The van der Waals surface area contributed by atoms with Gasteiger partial charge in [0.2, 0.25) is 15.9 Å². The van der Waals surface area contributed by atoms with Crippen molar-refractivity contribution in [3.05, 3.63) is 78.0 Å². The van der Waals surface area contributed by atoms with Gasteiger partial charge < -0.3 is 5.32 Å². The smallest absolute Gasteiger partial charge is 0.263 e. The maximum Gasteiger partial charge on any atom is 0.263 e. The number of alkyl halides is 3. The third-order valence-electron chi connectivity index (χ3n) is 5.59. The summed E-state index contributed by atoms with van der Waals surface area (Å²) in [6, 6.07) is 9.52. The van der Waals surface area contributed by atoms with Crippen molar-refractivity contribution in [1.29, 1.82) is 0 Å². The van der Waals surface area contributed by atoms with Crippen LogP contribution in [0.25, 0.3) is 11.3 Å². The third-order valence-corrected chi connectivity index (χ3v) is 7.49. The molecule has 1 saturated heterocycles. The Morgan fingerprint density at radius 1 is 1.09 bits per heavy atom. The first-order valence-electron chi connectivity index (χ1n) is 10.6. The van der Waals surface area contributed by atoms with E-state index in [2.05, 4.69) is 15.3 Å². The summed E-state index contributed by atoms with van der Waals surface area (Å²) in [6.07, 6.45) is -3.25. The predicted molar refractivity (Wildman–Crippen MR) is 118 cm³/mol. The minimum absolute atomic E-state index is 0.132. The minimum Gasteiger partial charge on any atom is -0.349 e. The zero-order valence-corrected chi connectivity index (χ0v) is 18.9. The Balaban J connectivity index is 1.47. The Morgan fingerprint density at radius 2 is 1.77 bits per heavy atom. The highest BCUT2D eigenvalue weighted by Gasteiger charge is 2.46. The van der Waals surface area contributed by atoms with Crippen molar-refractivity contribution >= 4 is 15.9 Å². The Labute approximate surface area is 198 Å². The van der Waals surface area contributed by atoms with Gasteiger partial charge in [-0.05, 0) is 36.8 Å². The van der Waals surface area contributed by atoms with Gasteiger partial charge in [0, 0.05) is 17.7 Å². The highest BCUT2D eigenvalue weighted by atomic mass is 32.2. The molecule has 2 aromatic carbocycles. The lowest BCUT2D eigenvalue weighted by molar-refractivity contribution is -0.125. The number of nitrogens with zero attached hydrogens (tertiary/aromatic N) is 3. The molecule has 1 N–H and O–H groups in total. The molecule has 0 bridgehead atoms. The van der Waals surface area contributed by atoms with Crippen molar-refractivity contribution < 1.29 is 30.8 Å². The Morgan fingerprint density at radius 3 is 2.43 bits per heavy atom. The standard InChI is InChI=1S/C23H20F4N4O3S/c24-16-5-7-18(8-6-16)35(33,34)31-10-9-19(25)21(31)23(32)28-12-17-11-20(30-13-29-17)14-1-3-15(4-2-14)22(26)27/h1-8,11,13,19,21-22H,9-10,12H2,(H,28,32)/t19-,21-/m0/s1. The molecule has 1 aliphatic rings. The highest BCUT2D eigenvalue weighted by Crippen LogP contribution is 2.29. The lowest BCUT2D eigenvalue weighted by Gasteiger charge is -2.24. The monoisotopic (exact) mass is 508 g/mol. The van der Waals surface area contributed by atoms with Crippen LogP contribution in [0.15, 0.2) is 65.8 Å². The second-order valence-corrected chi connectivity index (χ2v) is 9.74. The van der Waals surface area contributed by atoms with Crippen molar-refractivity contribution in [2.75, 3.05) is 6.54 Å². The van der Waals surface area contributed by atoms with E-state index in [1.165, 1.54) is 36.7 Å². The fourth-order valence-corrected chi connectivity index (χ4v) is 5.39. The summed E-state index contributed by atoms with van der Waals surface area (Å²) >= 11 is 0. The van der Waals surface area contributed by atoms with Gasteiger partial charge in [-0.2, -0.15) is 4.31 Å². The largest absolute Gasteiger partial charge is 0.349 e. The molecule has 35 heavy (non-hydrogen) atoms. The first-order valence-corrected chi connectivity index (χ1v) is 12.0. The van der Waals surface area contributed by atoms with Gasteiger partial charge in [0.1, 0.15) is 24.4 Å². The fourth-order valence-electron chi connectivity index (χ4n) is 3.77. The normalized spacial score (nSPS) is 18.7. The summed E-state index contributed by atoms with van der Waals surface area (Å²) in [5.41, 5.74) is 1.20. The second kappa shape index (κ2) is 10.1. The molecule has 12 heteroatoms. The summed E-state index contributed by atoms with van der Waals surface area (Å²) in [7, 11) is -4.23. The first kappa shape index (κ1) is 24.7. The zero-order valence-electron chi connectivity index (χ0n) is 18.1. The number of carbonyl (C=O) groups is 1. The Kier molecular flexibility index (Phi) is 7.13. The first-order chi connectivity index (χ1) is 16.7. The second-order valence-electron chi connectivity index (χ2n) is 7.85. The average Bonchev–Trinajstić information content (AvgIpc) is 3.25. The van der Waals surface area contributed by atoms with E-state index in [0.717, 1.165) is 28.6 Å². The summed E-state index contributed by atoms with van der Waals surface area (Å²) in [5.74, 6) is -1.47. The minimum atomic E-state index is -4.23. The molecular formula is C23H20F4N4O3S. The van der Waals surface area contributed by atoms with Crippen molar-refractivity contribution in [3.8, 4) is 11.3 Å². The van der Waals surface area contributed by atoms with Gasteiger partial charge in [-0.1, -0.05) is 24.3 Å². The van der Waals surface area contributed by atoms with Crippen LogP contribution in [-0.2, 0) is 21.4 Å². The van der Waals surface area contributed by atoms with Crippen LogP contribution in [-0.4, -0.2) is 47.4 Å². The number of sulfonamides is 1. The van der Waals surface area contributed by atoms with Crippen molar-refractivity contribution in [2.45, 2.75) is 36.5 Å². The molecule has 3 aromatic rings. The molecular weight excluding hydrogens is 488 g/mol. The van der Waals surface area contributed by atoms with Gasteiger partial charge in [-0.15, -0.1) is 0 Å². The number of benzene rings is 2. The molecule has 1 aromatic heterocycles. The number of carbonyl (C=O) groups excluding carboxylic acids is 1. The summed E-state index contributed by atoms with van der Waals surface area (Å²) < 4.78 is 80.0. The fraction of sp³-hybridized carbons (Fsp3) is 0.261. The summed E-state index contributed by atoms with van der Waals surface area (Å²) in [6.45, 7) is -0.345. The van der Waals surface area contributed by atoms with Crippen LogP contribution >= 0.6 is 0 Å². The number of aromatic nitrogens is 2. The summed E-state index contributed by atoms with van der Waals surface area (Å²) in [4.78, 5) is 20.7. The topological polar surface area (TPSA) is 92.3 Å². The van der Waals surface area contributed by atoms with Crippen LogP contribution in [0.1, 0.15) is 24.1 Å². The molecule has 2 atom stereocenters. The maximum atomic E-state index is 14.6. The highest BCUT2D eigenvalue weighted by molar-refractivity contribution is 7.89. The van der Waals surface area contributed by atoms with Crippen molar-refractivity contribution in [2.24, 2.45) is 0 Å². The van der Waals surface area contributed by atoms with Crippen LogP contribution < -0.4 is 5.32 Å². The number of amides is 1. The van der Waals surface area contributed by atoms with Gasteiger partial charge >= 0.3 is 0 Å². The van der Waals surface area contributed by atoms with E-state index in [4.69, 9.17) is 0 Å². The van der Waals surface area contributed by atoms with E-state index >= 15 is 0 Å². The van der Waals surface area contributed by atoms with E-state index < -0.39 is 40.4 Å². The van der Waals surface area contributed by atoms with Crippen molar-refractivity contribution in [3.63, 3.8) is 0 Å².